The van der Waals surface area contributed by atoms with E-state index < -0.39 is 49.0 Å². The molecule has 166 valence electrons. The molecule has 2 amide bonds. The lowest BCUT2D eigenvalue weighted by Crippen LogP contribution is -2.63. The third-order valence-electron chi connectivity index (χ3n) is 4.57. The van der Waals surface area contributed by atoms with Gasteiger partial charge in [0.1, 0.15) is 11.4 Å². The molecule has 2 aliphatic rings. The number of amides is 2. The van der Waals surface area contributed by atoms with Crippen LogP contribution < -0.4 is 20.3 Å². The lowest BCUT2D eigenvalue weighted by atomic mass is 9.92. The highest BCUT2D eigenvalue weighted by Crippen LogP contribution is 2.38. The van der Waals surface area contributed by atoms with Crippen LogP contribution in [-0.4, -0.2) is 74.4 Å². The van der Waals surface area contributed by atoms with Crippen LogP contribution in [0.25, 0.3) is 0 Å². The summed E-state index contributed by atoms with van der Waals surface area (Å²) in [5, 5.41) is 5.03. The van der Waals surface area contributed by atoms with E-state index >= 15 is 0 Å². The Hall–Kier alpha value is -2.70. The second-order valence-electron chi connectivity index (χ2n) is 7.23. The molecule has 0 bridgehead atoms. The monoisotopic (exact) mass is 438 g/mol. The molecule has 0 spiro atoms. The second-order valence-corrected chi connectivity index (χ2v) is 7.23. The fraction of sp³-hybridized carbons (Fsp3) is 0.588. The van der Waals surface area contributed by atoms with Crippen LogP contribution >= 0.6 is 0 Å². The van der Waals surface area contributed by atoms with Crippen LogP contribution in [0.1, 0.15) is 16.9 Å². The number of pyridine rings is 1. The van der Waals surface area contributed by atoms with Gasteiger partial charge in [0.05, 0.1) is 50.1 Å². The molecule has 2 aliphatic heterocycles. The van der Waals surface area contributed by atoms with E-state index in [4.69, 9.17) is 9.47 Å². The van der Waals surface area contributed by atoms with E-state index in [9.17, 15) is 31.5 Å². The predicted octanol–water partition coefficient (Wildman–Crippen LogP) is 1.11. The van der Waals surface area contributed by atoms with Crippen molar-refractivity contribution in [1.82, 2.24) is 15.6 Å². The SMILES string of the molecule is CNC(=O)CC1(NC(=O)c2cc(OCC(F)(F)F)c(N3CC(F)(F)C3)cn2)COC1. The molecular weight excluding hydrogens is 419 g/mol. The van der Waals surface area contributed by atoms with Gasteiger partial charge in [-0.15, -0.1) is 0 Å². The fourth-order valence-electron chi connectivity index (χ4n) is 3.02. The van der Waals surface area contributed by atoms with Crippen LogP contribution in [0.5, 0.6) is 5.75 Å². The van der Waals surface area contributed by atoms with Crippen LogP contribution in [0.15, 0.2) is 12.3 Å². The molecule has 3 heterocycles. The van der Waals surface area contributed by atoms with Crippen molar-refractivity contribution in [3.05, 3.63) is 18.0 Å². The molecule has 0 aliphatic carbocycles. The number of hydrogen-bond acceptors (Lipinski definition) is 6. The van der Waals surface area contributed by atoms with Gasteiger partial charge in [0, 0.05) is 13.1 Å². The van der Waals surface area contributed by atoms with Crippen molar-refractivity contribution in [3.63, 3.8) is 0 Å². The molecule has 2 N–H and O–H groups in total. The quantitative estimate of drug-likeness (QED) is 0.620. The molecule has 0 aromatic carbocycles. The minimum absolute atomic E-state index is 0.0619. The van der Waals surface area contributed by atoms with Crippen molar-refractivity contribution in [3.8, 4) is 5.75 Å². The van der Waals surface area contributed by atoms with Crippen LogP contribution in [0.2, 0.25) is 0 Å². The van der Waals surface area contributed by atoms with Gasteiger partial charge in [-0.05, 0) is 0 Å². The van der Waals surface area contributed by atoms with Gasteiger partial charge >= 0.3 is 6.18 Å². The zero-order valence-electron chi connectivity index (χ0n) is 15.8. The van der Waals surface area contributed by atoms with Crippen molar-refractivity contribution in [1.29, 1.82) is 0 Å². The van der Waals surface area contributed by atoms with Crippen LogP contribution in [0, 0.1) is 0 Å². The molecule has 30 heavy (non-hydrogen) atoms. The molecule has 1 aromatic heterocycles. The molecular formula is C17H19F5N4O4. The minimum Gasteiger partial charge on any atom is -0.482 e. The van der Waals surface area contributed by atoms with Crippen molar-refractivity contribution in [2.75, 3.05) is 44.9 Å². The van der Waals surface area contributed by atoms with E-state index in [-0.39, 0.29) is 36.9 Å². The summed E-state index contributed by atoms with van der Waals surface area (Å²) < 4.78 is 73.9. The minimum atomic E-state index is -4.66. The summed E-state index contributed by atoms with van der Waals surface area (Å²) >= 11 is 0. The largest absolute Gasteiger partial charge is 0.482 e. The number of anilines is 1. The number of alkyl halides is 5. The summed E-state index contributed by atoms with van der Waals surface area (Å²) in [4.78, 5) is 29.2. The third kappa shape index (κ3) is 5.07. The summed E-state index contributed by atoms with van der Waals surface area (Å²) in [6, 6.07) is 0.958. The maximum absolute atomic E-state index is 13.2. The van der Waals surface area contributed by atoms with E-state index in [1.807, 2.05) is 0 Å². The zero-order chi connectivity index (χ0) is 22.2. The molecule has 0 unspecified atom stereocenters. The number of rotatable bonds is 7. The lowest BCUT2D eigenvalue weighted by Gasteiger charge is -2.41. The van der Waals surface area contributed by atoms with Crippen molar-refractivity contribution in [2.24, 2.45) is 0 Å². The van der Waals surface area contributed by atoms with E-state index in [2.05, 4.69) is 15.6 Å². The van der Waals surface area contributed by atoms with Gasteiger partial charge in [-0.2, -0.15) is 13.2 Å². The van der Waals surface area contributed by atoms with Gasteiger partial charge in [0.25, 0.3) is 11.8 Å². The van der Waals surface area contributed by atoms with Gasteiger partial charge in [-0.25, -0.2) is 13.8 Å². The van der Waals surface area contributed by atoms with Gasteiger partial charge in [0.15, 0.2) is 6.61 Å². The molecule has 1 aromatic rings. The van der Waals surface area contributed by atoms with Gasteiger partial charge < -0.3 is 25.0 Å². The summed E-state index contributed by atoms with van der Waals surface area (Å²) in [6.07, 6.45) is -3.71. The Morgan fingerprint density at radius 2 is 1.97 bits per heavy atom. The molecule has 2 fully saturated rings. The maximum atomic E-state index is 13.2. The van der Waals surface area contributed by atoms with E-state index in [0.717, 1.165) is 17.2 Å². The predicted molar refractivity (Wildman–Crippen MR) is 92.6 cm³/mol. The van der Waals surface area contributed by atoms with Crippen LogP contribution in [0.3, 0.4) is 0 Å². The number of carbonyl (C=O) groups is 2. The highest BCUT2D eigenvalue weighted by Gasteiger charge is 2.46. The first-order chi connectivity index (χ1) is 13.9. The molecule has 0 atom stereocenters. The summed E-state index contributed by atoms with van der Waals surface area (Å²) in [7, 11) is 1.43. The highest BCUT2D eigenvalue weighted by atomic mass is 19.4. The normalized spacial score (nSPS) is 19.3. The number of halogens is 5. The van der Waals surface area contributed by atoms with Crippen molar-refractivity contribution in [2.45, 2.75) is 24.1 Å². The average Bonchev–Trinajstić information content (AvgIpc) is 2.61. The molecule has 13 heteroatoms. The standard InChI is InChI=1S/C17H19F5N4O4/c1-23-13(27)3-15(7-29-8-15)25-14(28)10-2-12(30-9-17(20,21)22)11(4-24-10)26-5-16(18,19)6-26/h2,4H,3,5-9H2,1H3,(H,23,27)(H,25,28). The van der Waals surface area contributed by atoms with Gasteiger partial charge in [-0.3, -0.25) is 9.59 Å². The van der Waals surface area contributed by atoms with E-state index in [1.165, 1.54) is 7.05 Å². The highest BCUT2D eigenvalue weighted by molar-refractivity contribution is 5.94. The number of nitrogens with one attached hydrogen (secondary N) is 2. The van der Waals surface area contributed by atoms with E-state index in [0.29, 0.717) is 0 Å². The summed E-state index contributed by atoms with van der Waals surface area (Å²) in [5.41, 5.74) is -1.33. The Bertz CT molecular complexity index is 821. The van der Waals surface area contributed by atoms with Crippen LogP contribution in [-0.2, 0) is 9.53 Å². The summed E-state index contributed by atoms with van der Waals surface area (Å²) in [6.45, 7) is -2.91. The maximum Gasteiger partial charge on any atom is 0.422 e. The first-order valence-electron chi connectivity index (χ1n) is 8.85. The zero-order valence-corrected chi connectivity index (χ0v) is 15.8. The average molecular weight is 438 g/mol. The Labute approximate surface area is 167 Å². The first-order valence-corrected chi connectivity index (χ1v) is 8.85. The molecule has 0 radical (unpaired) electrons. The number of aromatic nitrogens is 1. The van der Waals surface area contributed by atoms with Gasteiger partial charge in [-0.1, -0.05) is 0 Å². The fourth-order valence-corrected chi connectivity index (χ4v) is 3.02. The van der Waals surface area contributed by atoms with Crippen molar-refractivity contribution < 1.29 is 41.0 Å². The Morgan fingerprint density at radius 3 is 2.47 bits per heavy atom. The molecule has 3 rings (SSSR count). The van der Waals surface area contributed by atoms with Gasteiger partial charge in [0.2, 0.25) is 5.91 Å². The summed E-state index contributed by atoms with van der Waals surface area (Å²) in [5.74, 6) is -4.46. The number of nitrogens with zero attached hydrogens (tertiary/aromatic N) is 2. The van der Waals surface area contributed by atoms with Crippen molar-refractivity contribution >= 4 is 17.5 Å². The first kappa shape index (κ1) is 22.0. The molecule has 0 saturated carbocycles. The third-order valence-corrected chi connectivity index (χ3v) is 4.57. The Morgan fingerprint density at radius 1 is 1.30 bits per heavy atom. The molecule has 8 nitrogen and oxygen atoms in total. The lowest BCUT2D eigenvalue weighted by molar-refractivity contribution is -0.153. The smallest absolute Gasteiger partial charge is 0.422 e. The molecule has 2 saturated heterocycles. The van der Waals surface area contributed by atoms with E-state index in [1.54, 1.807) is 0 Å². The second kappa shape index (κ2) is 7.85. The number of ether oxygens (including phenoxy) is 2. The topological polar surface area (TPSA) is 92.8 Å². The van der Waals surface area contributed by atoms with Crippen LogP contribution in [0.4, 0.5) is 27.6 Å². The Balaban J connectivity index is 1.79. The number of hydrogen-bond donors (Lipinski definition) is 2. The Kier molecular flexibility index (Phi) is 5.76. The number of carbonyl (C=O) groups excluding carboxylic acids is 2.